The van der Waals surface area contributed by atoms with Crippen molar-refractivity contribution in [1.29, 1.82) is 0 Å². The molecule has 0 saturated heterocycles. The summed E-state index contributed by atoms with van der Waals surface area (Å²) < 4.78 is 5.32. The van der Waals surface area contributed by atoms with E-state index in [1.807, 2.05) is 37.3 Å². The lowest BCUT2D eigenvalue weighted by molar-refractivity contribution is -0.118. The van der Waals surface area contributed by atoms with E-state index in [2.05, 4.69) is 10.6 Å². The lowest BCUT2D eigenvalue weighted by Crippen LogP contribution is -2.25. The van der Waals surface area contributed by atoms with Gasteiger partial charge in [-0.1, -0.05) is 12.1 Å². The van der Waals surface area contributed by atoms with Crippen LogP contribution in [0, 0.1) is 6.92 Å². The lowest BCUT2D eigenvalue weighted by atomic mass is 10.1. The van der Waals surface area contributed by atoms with Gasteiger partial charge in [0.2, 0.25) is 0 Å². The summed E-state index contributed by atoms with van der Waals surface area (Å²) in [7, 11) is 0. The van der Waals surface area contributed by atoms with Crippen molar-refractivity contribution in [2.24, 2.45) is 0 Å². The van der Waals surface area contributed by atoms with Crippen LogP contribution in [0.2, 0.25) is 0 Å². The maximum absolute atomic E-state index is 11.3. The molecule has 5 nitrogen and oxygen atoms in total. The molecule has 2 aromatic rings. The maximum Gasteiger partial charge on any atom is 0.262 e. The van der Waals surface area contributed by atoms with E-state index in [1.54, 1.807) is 6.07 Å². The largest absolute Gasteiger partial charge is 0.508 e. The second-order valence-electron chi connectivity index (χ2n) is 5.02. The highest BCUT2D eigenvalue weighted by atomic mass is 16.5. The maximum atomic E-state index is 11.3. The number of carbonyl (C=O) groups excluding carboxylic acids is 1. The van der Waals surface area contributed by atoms with E-state index in [0.29, 0.717) is 18.0 Å². The fourth-order valence-electron chi connectivity index (χ4n) is 2.16. The molecule has 0 radical (unpaired) electrons. The van der Waals surface area contributed by atoms with Crippen LogP contribution in [0.15, 0.2) is 36.4 Å². The van der Waals surface area contributed by atoms with Gasteiger partial charge in [-0.2, -0.15) is 0 Å². The van der Waals surface area contributed by atoms with Gasteiger partial charge in [0, 0.05) is 18.3 Å². The summed E-state index contributed by atoms with van der Waals surface area (Å²) in [4.78, 5) is 11.3. The Morgan fingerprint density at radius 3 is 2.95 bits per heavy atom. The van der Waals surface area contributed by atoms with Crippen LogP contribution in [0.4, 0.5) is 11.4 Å². The quantitative estimate of drug-likeness (QED) is 0.810. The highest BCUT2D eigenvalue weighted by molar-refractivity contribution is 5.95. The van der Waals surface area contributed by atoms with E-state index >= 15 is 0 Å². The zero-order valence-electron chi connectivity index (χ0n) is 11.6. The second-order valence-corrected chi connectivity index (χ2v) is 5.02. The molecule has 0 saturated carbocycles. The second kappa shape index (κ2) is 5.36. The Morgan fingerprint density at radius 1 is 1.29 bits per heavy atom. The monoisotopic (exact) mass is 284 g/mol. The summed E-state index contributed by atoms with van der Waals surface area (Å²) in [6, 6.07) is 11.1. The molecule has 2 aromatic carbocycles. The first-order valence-electron chi connectivity index (χ1n) is 6.71. The average Bonchev–Trinajstić information content (AvgIpc) is 2.48. The van der Waals surface area contributed by atoms with Crippen molar-refractivity contribution in [3.8, 4) is 11.5 Å². The Labute approximate surface area is 122 Å². The first-order chi connectivity index (χ1) is 10.1. The van der Waals surface area contributed by atoms with Crippen LogP contribution >= 0.6 is 0 Å². The molecule has 0 bridgehead atoms. The molecule has 1 aliphatic rings. The number of phenols is 1. The molecule has 0 fully saturated rings. The molecule has 0 aromatic heterocycles. The lowest BCUT2D eigenvalue weighted by Gasteiger charge is -2.18. The van der Waals surface area contributed by atoms with Gasteiger partial charge in [-0.3, -0.25) is 4.79 Å². The number of aryl methyl sites for hydroxylation is 1. The van der Waals surface area contributed by atoms with E-state index in [4.69, 9.17) is 4.74 Å². The fourth-order valence-corrected chi connectivity index (χ4v) is 2.16. The number of phenolic OH excluding ortho intramolecular Hbond substituents is 1. The fraction of sp³-hybridized carbons (Fsp3) is 0.188. The topological polar surface area (TPSA) is 70.6 Å². The summed E-state index contributed by atoms with van der Waals surface area (Å²) in [5.74, 6) is 0.813. The molecule has 3 N–H and O–H groups in total. The smallest absolute Gasteiger partial charge is 0.262 e. The predicted octanol–water partition coefficient (Wildman–Crippen LogP) is 2.64. The highest BCUT2D eigenvalue weighted by Crippen LogP contribution is 2.29. The summed E-state index contributed by atoms with van der Waals surface area (Å²) in [6.07, 6.45) is 0. The number of hydrogen-bond donors (Lipinski definition) is 3. The van der Waals surface area contributed by atoms with Crippen LogP contribution in [0.5, 0.6) is 11.5 Å². The molecule has 21 heavy (non-hydrogen) atoms. The summed E-state index contributed by atoms with van der Waals surface area (Å²) >= 11 is 0. The van der Waals surface area contributed by atoms with Crippen molar-refractivity contribution >= 4 is 17.3 Å². The number of anilines is 2. The van der Waals surface area contributed by atoms with Crippen LogP contribution in [0.1, 0.15) is 11.1 Å². The Hall–Kier alpha value is -2.69. The van der Waals surface area contributed by atoms with E-state index in [0.717, 1.165) is 16.8 Å². The first-order valence-corrected chi connectivity index (χ1v) is 6.71. The normalized spacial score (nSPS) is 13.1. The van der Waals surface area contributed by atoms with Gasteiger partial charge in [-0.05, 0) is 36.2 Å². The van der Waals surface area contributed by atoms with Crippen molar-refractivity contribution < 1.29 is 14.6 Å². The highest BCUT2D eigenvalue weighted by Gasteiger charge is 2.15. The summed E-state index contributed by atoms with van der Waals surface area (Å²) in [5, 5.41) is 15.7. The van der Waals surface area contributed by atoms with Crippen molar-refractivity contribution in [3.63, 3.8) is 0 Å². The minimum Gasteiger partial charge on any atom is -0.508 e. The van der Waals surface area contributed by atoms with Gasteiger partial charge in [0.1, 0.15) is 11.5 Å². The standard InChI is InChI=1S/C16H16N2O3/c1-10-2-4-12(7-14(10)19)17-8-11-3-5-15-13(6-11)18-16(20)9-21-15/h2-7,17,19H,8-9H2,1H3,(H,18,20). The minimum absolute atomic E-state index is 0.0627. The number of carbonyl (C=O) groups is 1. The number of benzene rings is 2. The zero-order valence-corrected chi connectivity index (χ0v) is 11.6. The molecule has 0 unspecified atom stereocenters. The van der Waals surface area contributed by atoms with E-state index < -0.39 is 0 Å². The Bertz CT molecular complexity index is 698. The van der Waals surface area contributed by atoms with Gasteiger partial charge in [-0.15, -0.1) is 0 Å². The molecule has 1 amide bonds. The molecule has 0 spiro atoms. The van der Waals surface area contributed by atoms with Gasteiger partial charge >= 0.3 is 0 Å². The molecule has 0 atom stereocenters. The van der Waals surface area contributed by atoms with Gasteiger partial charge in [0.05, 0.1) is 5.69 Å². The van der Waals surface area contributed by atoms with Gasteiger partial charge in [0.25, 0.3) is 5.91 Å². The Kier molecular flexibility index (Phi) is 3.39. The van der Waals surface area contributed by atoms with E-state index in [9.17, 15) is 9.90 Å². The van der Waals surface area contributed by atoms with E-state index in [-0.39, 0.29) is 18.3 Å². The third kappa shape index (κ3) is 2.91. The molecule has 1 heterocycles. The summed E-state index contributed by atoms with van der Waals surface area (Å²) in [6.45, 7) is 2.50. The van der Waals surface area contributed by atoms with Crippen molar-refractivity contribution in [2.45, 2.75) is 13.5 Å². The average molecular weight is 284 g/mol. The molecule has 3 rings (SSSR count). The Morgan fingerprint density at radius 2 is 2.14 bits per heavy atom. The van der Waals surface area contributed by atoms with Crippen LogP contribution < -0.4 is 15.4 Å². The molecule has 108 valence electrons. The zero-order chi connectivity index (χ0) is 14.8. The number of fused-ring (bicyclic) bond motifs is 1. The van der Waals surface area contributed by atoms with Crippen molar-refractivity contribution in [2.75, 3.05) is 17.2 Å². The number of aromatic hydroxyl groups is 1. The van der Waals surface area contributed by atoms with Crippen LogP contribution in [0.3, 0.4) is 0 Å². The number of nitrogens with one attached hydrogen (secondary N) is 2. The van der Waals surface area contributed by atoms with Gasteiger partial charge in [0.15, 0.2) is 6.61 Å². The summed E-state index contributed by atoms with van der Waals surface area (Å²) in [5.41, 5.74) is 3.39. The minimum atomic E-state index is -0.143. The number of amides is 1. The Balaban J connectivity index is 1.72. The SMILES string of the molecule is Cc1ccc(NCc2ccc3c(c2)NC(=O)CO3)cc1O. The number of hydrogen-bond acceptors (Lipinski definition) is 4. The van der Waals surface area contributed by atoms with Crippen LogP contribution in [-0.2, 0) is 11.3 Å². The van der Waals surface area contributed by atoms with Crippen molar-refractivity contribution in [3.05, 3.63) is 47.5 Å². The molecule has 0 aliphatic carbocycles. The van der Waals surface area contributed by atoms with Gasteiger partial charge < -0.3 is 20.5 Å². The van der Waals surface area contributed by atoms with Crippen LogP contribution in [-0.4, -0.2) is 17.6 Å². The van der Waals surface area contributed by atoms with Gasteiger partial charge in [-0.25, -0.2) is 0 Å². The van der Waals surface area contributed by atoms with Crippen molar-refractivity contribution in [1.82, 2.24) is 0 Å². The molecular weight excluding hydrogens is 268 g/mol. The molecule has 5 heteroatoms. The van der Waals surface area contributed by atoms with E-state index in [1.165, 1.54) is 0 Å². The predicted molar refractivity (Wildman–Crippen MR) is 80.7 cm³/mol. The number of ether oxygens (including phenoxy) is 1. The third-order valence-electron chi connectivity index (χ3n) is 3.38. The first kappa shape index (κ1) is 13.3. The number of rotatable bonds is 3. The third-order valence-corrected chi connectivity index (χ3v) is 3.38. The molecular formula is C16H16N2O3. The van der Waals surface area contributed by atoms with Crippen LogP contribution in [0.25, 0.3) is 0 Å². The molecule has 1 aliphatic heterocycles.